The summed E-state index contributed by atoms with van der Waals surface area (Å²) in [5, 5.41) is 11.9. The molecule has 1 N–H and O–H groups in total. The number of nitriles is 1. The van der Waals surface area contributed by atoms with Crippen LogP contribution >= 0.6 is 0 Å². The van der Waals surface area contributed by atoms with Crippen molar-refractivity contribution in [2.75, 3.05) is 12.4 Å². The summed E-state index contributed by atoms with van der Waals surface area (Å²) in [7, 11) is -2.60. The molecule has 0 fully saturated rings. The lowest BCUT2D eigenvalue weighted by molar-refractivity contribution is 0.0601. The Morgan fingerprint density at radius 1 is 1.12 bits per heavy atom. The van der Waals surface area contributed by atoms with Crippen LogP contribution in [0.4, 0.5) is 5.69 Å². The molecule has 2 aromatic rings. The third-order valence-electron chi connectivity index (χ3n) is 3.13. The summed E-state index contributed by atoms with van der Waals surface area (Å²) >= 11 is 0. The van der Waals surface area contributed by atoms with Crippen molar-refractivity contribution in [2.45, 2.75) is 4.90 Å². The number of nitrogens with one attached hydrogen (secondary N) is 1. The van der Waals surface area contributed by atoms with Gasteiger partial charge < -0.3 is 10.1 Å². The Morgan fingerprint density at radius 2 is 1.75 bits per heavy atom. The number of carbonyl (C=O) groups is 1. The monoisotopic (exact) mass is 342 g/mol. The van der Waals surface area contributed by atoms with Gasteiger partial charge in [0.25, 0.3) is 0 Å². The Kier molecular flexibility index (Phi) is 5.35. The van der Waals surface area contributed by atoms with Gasteiger partial charge in [0.15, 0.2) is 4.91 Å². The van der Waals surface area contributed by atoms with Gasteiger partial charge in [-0.25, -0.2) is 13.2 Å². The van der Waals surface area contributed by atoms with Crippen molar-refractivity contribution in [1.29, 1.82) is 5.26 Å². The van der Waals surface area contributed by atoms with Crippen LogP contribution < -0.4 is 5.32 Å². The van der Waals surface area contributed by atoms with Crippen molar-refractivity contribution >= 4 is 21.5 Å². The van der Waals surface area contributed by atoms with E-state index in [9.17, 15) is 13.2 Å². The maximum absolute atomic E-state index is 12.4. The number of benzene rings is 2. The zero-order valence-electron chi connectivity index (χ0n) is 12.8. The van der Waals surface area contributed by atoms with Crippen LogP contribution in [-0.2, 0) is 14.6 Å². The van der Waals surface area contributed by atoms with Crippen LogP contribution in [0.15, 0.2) is 70.6 Å². The Labute approximate surface area is 139 Å². The number of rotatable bonds is 5. The summed E-state index contributed by atoms with van der Waals surface area (Å²) in [5.41, 5.74) is 0.892. The number of sulfone groups is 1. The molecule has 24 heavy (non-hydrogen) atoms. The Bertz CT molecular complexity index is 896. The number of hydrogen-bond donors (Lipinski definition) is 1. The zero-order valence-corrected chi connectivity index (χ0v) is 13.6. The largest absolute Gasteiger partial charge is 0.465 e. The molecule has 0 heterocycles. The molecule has 0 bridgehead atoms. The van der Waals surface area contributed by atoms with Crippen LogP contribution in [0.2, 0.25) is 0 Å². The summed E-state index contributed by atoms with van der Waals surface area (Å²) in [6, 6.07) is 15.6. The predicted molar refractivity (Wildman–Crippen MR) is 88.7 cm³/mol. The third-order valence-corrected chi connectivity index (χ3v) is 4.81. The normalized spacial score (nSPS) is 11.4. The molecule has 0 aromatic heterocycles. The summed E-state index contributed by atoms with van der Waals surface area (Å²) in [5.74, 6) is -0.471. The fraction of sp³-hybridized carbons (Fsp3) is 0.0588. The minimum Gasteiger partial charge on any atom is -0.465 e. The minimum atomic E-state index is -3.88. The first-order chi connectivity index (χ1) is 11.5. The third kappa shape index (κ3) is 3.80. The molecular weight excluding hydrogens is 328 g/mol. The number of methoxy groups -OCH3 is 1. The van der Waals surface area contributed by atoms with Gasteiger partial charge in [0.2, 0.25) is 9.84 Å². The summed E-state index contributed by atoms with van der Waals surface area (Å²) < 4.78 is 29.3. The molecule has 0 radical (unpaired) electrons. The molecular formula is C17H14N2O4S. The second kappa shape index (κ2) is 7.44. The highest BCUT2D eigenvalue weighted by molar-refractivity contribution is 7.95. The first-order valence-electron chi connectivity index (χ1n) is 6.84. The fourth-order valence-corrected chi connectivity index (χ4v) is 2.97. The van der Waals surface area contributed by atoms with Crippen LogP contribution in [0.25, 0.3) is 0 Å². The van der Waals surface area contributed by atoms with Crippen LogP contribution in [0, 0.1) is 11.3 Å². The van der Waals surface area contributed by atoms with E-state index < -0.39 is 20.7 Å². The number of hydrogen-bond acceptors (Lipinski definition) is 6. The van der Waals surface area contributed by atoms with E-state index in [1.165, 1.54) is 31.4 Å². The number of ether oxygens (including phenoxy) is 1. The van der Waals surface area contributed by atoms with Crippen molar-refractivity contribution in [3.8, 4) is 6.07 Å². The van der Waals surface area contributed by atoms with Gasteiger partial charge in [0.1, 0.15) is 6.07 Å². The summed E-state index contributed by atoms with van der Waals surface area (Å²) in [6.07, 6.45) is 1.12. The summed E-state index contributed by atoms with van der Waals surface area (Å²) in [6.45, 7) is 0. The Balaban J connectivity index is 2.23. The SMILES string of the molecule is COC(=O)c1ccc(N/C=C(\C#N)S(=O)(=O)c2ccccc2)cc1. The van der Waals surface area contributed by atoms with E-state index >= 15 is 0 Å². The number of allylic oxidation sites excluding steroid dienone is 1. The number of carbonyl (C=O) groups excluding carboxylic acids is 1. The van der Waals surface area contributed by atoms with E-state index in [0.29, 0.717) is 11.3 Å². The Morgan fingerprint density at radius 3 is 2.29 bits per heavy atom. The van der Waals surface area contributed by atoms with E-state index in [1.807, 2.05) is 0 Å². The zero-order chi connectivity index (χ0) is 17.6. The lowest BCUT2D eigenvalue weighted by Crippen LogP contribution is -2.05. The molecule has 2 aromatic carbocycles. The maximum Gasteiger partial charge on any atom is 0.337 e. The second-order valence-electron chi connectivity index (χ2n) is 4.65. The van der Waals surface area contributed by atoms with Gasteiger partial charge in [0.05, 0.1) is 17.6 Å². The van der Waals surface area contributed by atoms with Gasteiger partial charge >= 0.3 is 5.97 Å². The van der Waals surface area contributed by atoms with Crippen LogP contribution in [0.3, 0.4) is 0 Å². The second-order valence-corrected chi connectivity index (χ2v) is 6.57. The smallest absolute Gasteiger partial charge is 0.337 e. The van der Waals surface area contributed by atoms with Gasteiger partial charge in [0, 0.05) is 11.9 Å². The van der Waals surface area contributed by atoms with Crippen LogP contribution in [-0.4, -0.2) is 21.5 Å². The molecule has 0 aliphatic rings. The quantitative estimate of drug-likeness (QED) is 0.663. The molecule has 0 spiro atoms. The van der Waals surface area contributed by atoms with Crippen LogP contribution in [0.5, 0.6) is 0 Å². The van der Waals surface area contributed by atoms with E-state index in [-0.39, 0.29) is 4.90 Å². The average molecular weight is 342 g/mol. The first kappa shape index (κ1) is 17.2. The average Bonchev–Trinajstić information content (AvgIpc) is 2.62. The fourth-order valence-electron chi connectivity index (χ4n) is 1.87. The van der Waals surface area contributed by atoms with E-state index in [4.69, 9.17) is 5.26 Å². The van der Waals surface area contributed by atoms with Crippen molar-refractivity contribution in [1.82, 2.24) is 0 Å². The number of nitrogens with zero attached hydrogens (tertiary/aromatic N) is 1. The van der Waals surface area contributed by atoms with E-state index in [1.54, 1.807) is 36.4 Å². The van der Waals surface area contributed by atoms with E-state index in [2.05, 4.69) is 10.1 Å². The molecule has 6 nitrogen and oxygen atoms in total. The molecule has 0 atom stereocenters. The topological polar surface area (TPSA) is 96.3 Å². The first-order valence-corrected chi connectivity index (χ1v) is 8.32. The highest BCUT2D eigenvalue weighted by Gasteiger charge is 2.20. The minimum absolute atomic E-state index is 0.0423. The molecule has 0 unspecified atom stereocenters. The molecule has 0 saturated heterocycles. The van der Waals surface area contributed by atoms with Gasteiger partial charge in [-0.1, -0.05) is 18.2 Å². The molecule has 7 heteroatoms. The standard InChI is InChI=1S/C17H14N2O4S/c1-23-17(20)13-7-9-14(10-8-13)19-12-16(11-18)24(21,22)15-5-3-2-4-6-15/h2-10,12,19H,1H3/b16-12+. The van der Waals surface area contributed by atoms with Crippen molar-refractivity contribution in [3.63, 3.8) is 0 Å². The number of anilines is 1. The highest BCUT2D eigenvalue weighted by atomic mass is 32.2. The van der Waals surface area contributed by atoms with Crippen molar-refractivity contribution < 1.29 is 17.9 Å². The molecule has 0 saturated carbocycles. The number of esters is 1. The molecule has 122 valence electrons. The predicted octanol–water partition coefficient (Wildman–Crippen LogP) is 2.72. The van der Waals surface area contributed by atoms with Crippen molar-refractivity contribution in [2.24, 2.45) is 0 Å². The van der Waals surface area contributed by atoms with Gasteiger partial charge in [-0.05, 0) is 36.4 Å². The molecule has 0 aliphatic heterocycles. The van der Waals surface area contributed by atoms with Gasteiger partial charge in [-0.2, -0.15) is 5.26 Å². The highest BCUT2D eigenvalue weighted by Crippen LogP contribution is 2.19. The molecule has 0 amide bonds. The molecule has 0 aliphatic carbocycles. The van der Waals surface area contributed by atoms with Crippen LogP contribution in [0.1, 0.15) is 10.4 Å². The lowest BCUT2D eigenvalue weighted by Gasteiger charge is -2.05. The summed E-state index contributed by atoms with van der Waals surface area (Å²) in [4.78, 5) is 11.0. The Hall–Kier alpha value is -3.11. The van der Waals surface area contributed by atoms with Gasteiger partial charge in [-0.15, -0.1) is 0 Å². The molecule has 2 rings (SSSR count). The maximum atomic E-state index is 12.4. The van der Waals surface area contributed by atoms with E-state index in [0.717, 1.165) is 6.20 Å². The van der Waals surface area contributed by atoms with Gasteiger partial charge in [-0.3, -0.25) is 0 Å². The lowest BCUT2D eigenvalue weighted by atomic mass is 10.2. The van der Waals surface area contributed by atoms with Crippen molar-refractivity contribution in [3.05, 3.63) is 71.3 Å².